The van der Waals surface area contributed by atoms with Gasteiger partial charge in [-0.1, -0.05) is 20.8 Å². The predicted molar refractivity (Wildman–Crippen MR) is 115 cm³/mol. The summed E-state index contributed by atoms with van der Waals surface area (Å²) < 4.78 is 11.2. The molecular formula is C20H39N3O5Si. The van der Waals surface area contributed by atoms with E-state index >= 15 is 0 Å². The van der Waals surface area contributed by atoms with Crippen LogP contribution in [-0.2, 0) is 18.8 Å². The Morgan fingerprint density at radius 2 is 1.59 bits per heavy atom. The number of hydrogen-bond donors (Lipinski definition) is 3. The highest BCUT2D eigenvalue weighted by Gasteiger charge is 2.39. The van der Waals surface area contributed by atoms with Crippen molar-refractivity contribution < 1.29 is 23.5 Å². The molecule has 0 heterocycles. The summed E-state index contributed by atoms with van der Waals surface area (Å²) in [5, 5.41) is 2.80. The van der Waals surface area contributed by atoms with Crippen molar-refractivity contribution in [3.8, 4) is 0 Å². The molecule has 0 bridgehead atoms. The van der Waals surface area contributed by atoms with E-state index in [1.165, 1.54) is 0 Å². The van der Waals surface area contributed by atoms with Crippen molar-refractivity contribution in [3.63, 3.8) is 0 Å². The molecule has 0 radical (unpaired) electrons. The lowest BCUT2D eigenvalue weighted by molar-refractivity contribution is -0.133. The Balaban J connectivity index is 2.28. The Morgan fingerprint density at radius 1 is 1.03 bits per heavy atom. The number of nitrogens with one attached hydrogen (secondary N) is 3. The summed E-state index contributed by atoms with van der Waals surface area (Å²) in [6, 6.07) is 0.0234. The first-order chi connectivity index (χ1) is 13.0. The fraction of sp³-hybridized carbons (Fsp3) is 0.850. The van der Waals surface area contributed by atoms with Gasteiger partial charge in [0, 0.05) is 12.5 Å². The van der Waals surface area contributed by atoms with Gasteiger partial charge in [-0.3, -0.25) is 20.4 Å². The topological polar surface area (TPSA) is 106 Å². The van der Waals surface area contributed by atoms with Crippen LogP contribution in [0.2, 0.25) is 18.1 Å². The van der Waals surface area contributed by atoms with Gasteiger partial charge in [0.2, 0.25) is 5.91 Å². The van der Waals surface area contributed by atoms with E-state index in [-0.39, 0.29) is 28.8 Å². The minimum atomic E-state index is -2.06. The average molecular weight is 430 g/mol. The molecule has 8 nitrogen and oxygen atoms in total. The molecule has 1 aliphatic rings. The van der Waals surface area contributed by atoms with E-state index in [9.17, 15) is 14.4 Å². The zero-order chi connectivity index (χ0) is 22.6. The minimum absolute atomic E-state index is 0.00110. The zero-order valence-corrected chi connectivity index (χ0v) is 20.4. The summed E-state index contributed by atoms with van der Waals surface area (Å²) in [5.41, 5.74) is 4.38. The van der Waals surface area contributed by atoms with Crippen LogP contribution in [0.5, 0.6) is 0 Å². The SMILES string of the molecule is C[C@@H](O[Si](C)(C)C(C)(C)C)C(=O)NNC(=O)CC1CC(NC(=O)OC(C)(C)C)C1. The van der Waals surface area contributed by atoms with Crippen molar-refractivity contribution >= 4 is 26.2 Å². The first-order valence-electron chi connectivity index (χ1n) is 10.3. The van der Waals surface area contributed by atoms with Gasteiger partial charge in [-0.05, 0) is 64.6 Å². The Hall–Kier alpha value is -1.61. The molecule has 0 aromatic heterocycles. The molecule has 1 saturated carbocycles. The second-order valence-electron chi connectivity index (χ2n) is 10.4. The lowest BCUT2D eigenvalue weighted by atomic mass is 9.78. The normalized spacial score (nSPS) is 20.9. The van der Waals surface area contributed by atoms with Crippen molar-refractivity contribution in [2.45, 2.75) is 104 Å². The van der Waals surface area contributed by atoms with E-state index in [4.69, 9.17) is 9.16 Å². The Morgan fingerprint density at radius 3 is 2.07 bits per heavy atom. The Bertz CT molecular complexity index is 604. The summed E-state index contributed by atoms with van der Waals surface area (Å²) >= 11 is 0. The lowest BCUT2D eigenvalue weighted by Gasteiger charge is -2.38. The van der Waals surface area contributed by atoms with Gasteiger partial charge in [0.05, 0.1) is 0 Å². The molecule has 0 unspecified atom stereocenters. The van der Waals surface area contributed by atoms with E-state index < -0.39 is 26.1 Å². The third kappa shape index (κ3) is 8.73. The highest BCUT2D eigenvalue weighted by atomic mass is 28.4. The Labute approximate surface area is 176 Å². The zero-order valence-electron chi connectivity index (χ0n) is 19.4. The number of carbonyl (C=O) groups is 3. The van der Waals surface area contributed by atoms with Gasteiger partial charge < -0.3 is 14.5 Å². The molecule has 1 atom stereocenters. The number of ether oxygens (including phenoxy) is 1. The maximum atomic E-state index is 12.2. The fourth-order valence-corrected chi connectivity index (χ4v) is 4.06. The first-order valence-corrected chi connectivity index (χ1v) is 13.2. The van der Waals surface area contributed by atoms with Crippen molar-refractivity contribution in [2.75, 3.05) is 0 Å². The molecule has 1 fully saturated rings. The van der Waals surface area contributed by atoms with Crippen LogP contribution in [0.1, 0.15) is 67.7 Å². The molecule has 0 aliphatic heterocycles. The van der Waals surface area contributed by atoms with Crippen LogP contribution in [0.3, 0.4) is 0 Å². The van der Waals surface area contributed by atoms with Gasteiger partial charge in [0.15, 0.2) is 8.32 Å². The largest absolute Gasteiger partial charge is 0.444 e. The minimum Gasteiger partial charge on any atom is -0.444 e. The monoisotopic (exact) mass is 429 g/mol. The standard InChI is InChI=1S/C20H39N3O5Si/c1-13(28-29(8,9)20(5,6)7)17(25)23-22-16(24)12-14-10-15(11-14)21-18(26)27-19(2,3)4/h13-15H,10-12H2,1-9H3,(H,21,26)(H,22,24)(H,23,25)/t13-,14?,15?/m1/s1. The smallest absolute Gasteiger partial charge is 0.407 e. The summed E-state index contributed by atoms with van der Waals surface area (Å²) in [4.78, 5) is 36.0. The molecule has 0 aromatic rings. The quantitative estimate of drug-likeness (QED) is 0.444. The summed E-state index contributed by atoms with van der Waals surface area (Å²) in [5.74, 6) is -0.437. The second-order valence-corrected chi connectivity index (χ2v) is 15.2. The lowest BCUT2D eigenvalue weighted by Crippen LogP contribution is -2.52. The summed E-state index contributed by atoms with van der Waals surface area (Å²) in [7, 11) is -2.06. The number of amides is 3. The van der Waals surface area contributed by atoms with Gasteiger partial charge >= 0.3 is 6.09 Å². The van der Waals surface area contributed by atoms with Crippen LogP contribution in [0.15, 0.2) is 0 Å². The van der Waals surface area contributed by atoms with Gasteiger partial charge in [-0.15, -0.1) is 0 Å². The molecule has 1 aliphatic carbocycles. The second kappa shape index (κ2) is 9.47. The molecule has 0 spiro atoms. The first kappa shape index (κ1) is 25.4. The van der Waals surface area contributed by atoms with Gasteiger partial charge in [0.1, 0.15) is 11.7 Å². The molecule has 0 aromatic carbocycles. The number of carbonyl (C=O) groups excluding carboxylic acids is 3. The van der Waals surface area contributed by atoms with Crippen molar-refractivity contribution in [1.82, 2.24) is 16.2 Å². The van der Waals surface area contributed by atoms with E-state index in [2.05, 4.69) is 50.0 Å². The number of rotatable bonds is 6. The molecule has 3 amide bonds. The maximum Gasteiger partial charge on any atom is 0.407 e. The third-order valence-electron chi connectivity index (χ3n) is 5.40. The van der Waals surface area contributed by atoms with Crippen molar-refractivity contribution in [2.24, 2.45) is 5.92 Å². The molecule has 168 valence electrons. The van der Waals surface area contributed by atoms with Crippen LogP contribution in [0.25, 0.3) is 0 Å². The molecule has 1 rings (SSSR count). The highest BCUT2D eigenvalue weighted by molar-refractivity contribution is 6.74. The average Bonchev–Trinajstić information content (AvgIpc) is 2.46. The molecule has 29 heavy (non-hydrogen) atoms. The van der Waals surface area contributed by atoms with Crippen LogP contribution < -0.4 is 16.2 Å². The van der Waals surface area contributed by atoms with Crippen LogP contribution in [0.4, 0.5) is 4.79 Å². The van der Waals surface area contributed by atoms with E-state index in [1.807, 2.05) is 20.8 Å². The van der Waals surface area contributed by atoms with Crippen molar-refractivity contribution in [3.05, 3.63) is 0 Å². The Kier molecular flexibility index (Phi) is 8.30. The summed E-state index contributed by atoms with van der Waals surface area (Å²) in [6.07, 6.45) is 0.650. The fourth-order valence-electron chi connectivity index (χ4n) is 2.71. The van der Waals surface area contributed by atoms with Gasteiger partial charge in [0.25, 0.3) is 5.91 Å². The van der Waals surface area contributed by atoms with Crippen LogP contribution in [0, 0.1) is 5.92 Å². The summed E-state index contributed by atoms with van der Waals surface area (Å²) in [6.45, 7) is 17.6. The highest BCUT2D eigenvalue weighted by Crippen LogP contribution is 2.37. The van der Waals surface area contributed by atoms with E-state index in [0.29, 0.717) is 19.3 Å². The number of hydrogen-bond acceptors (Lipinski definition) is 5. The number of alkyl carbamates (subject to hydrolysis) is 1. The predicted octanol–water partition coefficient (Wildman–Crippen LogP) is 3.24. The molecule has 0 saturated heterocycles. The van der Waals surface area contributed by atoms with Crippen molar-refractivity contribution in [1.29, 1.82) is 0 Å². The molecular weight excluding hydrogens is 390 g/mol. The third-order valence-corrected chi connectivity index (χ3v) is 9.96. The van der Waals surface area contributed by atoms with E-state index in [0.717, 1.165) is 0 Å². The van der Waals surface area contributed by atoms with Gasteiger partial charge in [-0.2, -0.15) is 0 Å². The molecule has 9 heteroatoms. The molecule has 3 N–H and O–H groups in total. The maximum absolute atomic E-state index is 12.2. The van der Waals surface area contributed by atoms with E-state index in [1.54, 1.807) is 6.92 Å². The van der Waals surface area contributed by atoms with Crippen LogP contribution >= 0.6 is 0 Å². The van der Waals surface area contributed by atoms with Gasteiger partial charge in [-0.25, -0.2) is 4.79 Å². The van der Waals surface area contributed by atoms with Crippen LogP contribution in [-0.4, -0.2) is 44.0 Å². The number of hydrazine groups is 1.